The van der Waals surface area contributed by atoms with Crippen LogP contribution in [0.5, 0.6) is 0 Å². The molecular formula is C19H16F4N4O2S. The Bertz CT molecular complexity index is 1230. The summed E-state index contributed by atoms with van der Waals surface area (Å²) in [6.45, 7) is 0.604. The van der Waals surface area contributed by atoms with Crippen LogP contribution in [0.1, 0.15) is 25.1 Å². The minimum atomic E-state index is -4.60. The lowest BCUT2D eigenvalue weighted by atomic mass is 10.1. The number of nitrogens with zero attached hydrogens (tertiary/aromatic N) is 3. The summed E-state index contributed by atoms with van der Waals surface area (Å²) in [5.41, 5.74) is -0.0805. The van der Waals surface area contributed by atoms with Gasteiger partial charge in [-0.2, -0.15) is 0 Å². The molecular weight excluding hydrogens is 424 g/mol. The average Bonchev–Trinajstić information content (AvgIpc) is 2.95. The van der Waals surface area contributed by atoms with Crippen molar-refractivity contribution in [3.05, 3.63) is 59.4 Å². The van der Waals surface area contributed by atoms with Gasteiger partial charge in [0.1, 0.15) is 16.5 Å². The van der Waals surface area contributed by atoms with E-state index in [1.165, 1.54) is 6.07 Å². The van der Waals surface area contributed by atoms with Gasteiger partial charge in [-0.1, -0.05) is 6.42 Å². The van der Waals surface area contributed by atoms with Crippen molar-refractivity contribution in [2.75, 3.05) is 4.72 Å². The zero-order valence-electron chi connectivity index (χ0n) is 15.5. The number of nitrogens with one attached hydrogen (secondary N) is 1. The summed E-state index contributed by atoms with van der Waals surface area (Å²) in [6, 6.07) is 4.49. The number of aromatic nitrogens is 3. The van der Waals surface area contributed by atoms with Gasteiger partial charge in [0.25, 0.3) is 10.0 Å². The Labute approximate surface area is 169 Å². The molecule has 0 bridgehead atoms. The standard InChI is InChI=1S/C19H16F4N4O2S/c20-13-6-5-11(26-30(28,29)15-8-7-14(21)17(22)18(15)23)10-12(13)19-25-24-16-4-2-1-3-9-27(16)19/h5-8,10,26H,1-4,9H2. The fraction of sp³-hybridized carbons (Fsp3) is 0.263. The van der Waals surface area contributed by atoms with E-state index in [1.54, 1.807) is 4.57 Å². The van der Waals surface area contributed by atoms with Crippen molar-refractivity contribution in [2.24, 2.45) is 0 Å². The Kier molecular flexibility index (Phi) is 5.22. The van der Waals surface area contributed by atoms with Crippen molar-refractivity contribution in [1.29, 1.82) is 0 Å². The molecule has 0 unspecified atom stereocenters. The Balaban J connectivity index is 1.71. The third-order valence-corrected chi connectivity index (χ3v) is 6.26. The van der Waals surface area contributed by atoms with Crippen molar-refractivity contribution < 1.29 is 26.0 Å². The van der Waals surface area contributed by atoms with Crippen LogP contribution >= 0.6 is 0 Å². The topological polar surface area (TPSA) is 76.9 Å². The lowest BCUT2D eigenvalue weighted by Gasteiger charge is -2.12. The van der Waals surface area contributed by atoms with Gasteiger partial charge in [0.2, 0.25) is 0 Å². The molecule has 0 aliphatic carbocycles. The van der Waals surface area contributed by atoms with Crippen LogP contribution in [-0.2, 0) is 23.0 Å². The molecule has 0 atom stereocenters. The fourth-order valence-corrected chi connectivity index (χ4v) is 4.49. The van der Waals surface area contributed by atoms with Crippen LogP contribution in [0.3, 0.4) is 0 Å². The number of hydrogen-bond acceptors (Lipinski definition) is 4. The minimum Gasteiger partial charge on any atom is -0.311 e. The van der Waals surface area contributed by atoms with Crippen LogP contribution in [0.4, 0.5) is 23.2 Å². The number of rotatable bonds is 4. The Morgan fingerprint density at radius 3 is 2.47 bits per heavy atom. The lowest BCUT2D eigenvalue weighted by Crippen LogP contribution is -2.16. The first-order chi connectivity index (χ1) is 14.3. The summed E-state index contributed by atoms with van der Waals surface area (Å²) < 4.78 is 83.8. The number of benzene rings is 2. The normalized spacial score (nSPS) is 14.3. The van der Waals surface area contributed by atoms with E-state index >= 15 is 0 Å². The van der Waals surface area contributed by atoms with E-state index in [0.29, 0.717) is 25.1 Å². The molecule has 0 saturated carbocycles. The summed E-state index contributed by atoms with van der Waals surface area (Å²) in [5.74, 6) is -4.92. The van der Waals surface area contributed by atoms with Crippen LogP contribution in [0.25, 0.3) is 11.4 Å². The van der Waals surface area contributed by atoms with E-state index in [1.807, 2.05) is 0 Å². The second-order valence-electron chi connectivity index (χ2n) is 6.88. The molecule has 3 aromatic rings. The smallest absolute Gasteiger partial charge is 0.264 e. The predicted molar refractivity (Wildman–Crippen MR) is 100 cm³/mol. The van der Waals surface area contributed by atoms with Gasteiger partial charge in [-0.15, -0.1) is 10.2 Å². The molecule has 1 aliphatic rings. The number of fused-ring (bicyclic) bond motifs is 1. The SMILES string of the molecule is O=S(=O)(Nc1ccc(F)c(-c2nnc3n2CCCCC3)c1)c1ccc(F)c(F)c1F. The van der Waals surface area contributed by atoms with Gasteiger partial charge in [-0.05, 0) is 43.2 Å². The quantitative estimate of drug-likeness (QED) is 0.491. The number of anilines is 1. The monoisotopic (exact) mass is 440 g/mol. The molecule has 2 aromatic carbocycles. The molecule has 1 N–H and O–H groups in total. The molecule has 4 rings (SSSR count). The number of hydrogen-bond donors (Lipinski definition) is 1. The molecule has 0 radical (unpaired) electrons. The molecule has 0 amide bonds. The third-order valence-electron chi connectivity index (χ3n) is 4.86. The van der Waals surface area contributed by atoms with Gasteiger partial charge in [0, 0.05) is 18.7 Å². The van der Waals surface area contributed by atoms with Crippen molar-refractivity contribution >= 4 is 15.7 Å². The highest BCUT2D eigenvalue weighted by Crippen LogP contribution is 2.29. The van der Waals surface area contributed by atoms with Crippen molar-refractivity contribution in [3.63, 3.8) is 0 Å². The Morgan fingerprint density at radius 1 is 0.900 bits per heavy atom. The largest absolute Gasteiger partial charge is 0.311 e. The van der Waals surface area contributed by atoms with Crippen molar-refractivity contribution in [2.45, 2.75) is 37.1 Å². The van der Waals surface area contributed by atoms with Crippen LogP contribution in [-0.4, -0.2) is 23.2 Å². The molecule has 158 valence electrons. The zero-order chi connectivity index (χ0) is 21.5. The van der Waals surface area contributed by atoms with Crippen LogP contribution in [0, 0.1) is 23.3 Å². The molecule has 0 fully saturated rings. The number of halogens is 4. The van der Waals surface area contributed by atoms with Crippen LogP contribution < -0.4 is 4.72 Å². The predicted octanol–water partition coefficient (Wildman–Crippen LogP) is 4.03. The van der Waals surface area contributed by atoms with Crippen LogP contribution in [0.15, 0.2) is 35.2 Å². The average molecular weight is 440 g/mol. The van der Waals surface area contributed by atoms with E-state index in [9.17, 15) is 26.0 Å². The van der Waals surface area contributed by atoms with Gasteiger partial charge in [0.05, 0.1) is 5.56 Å². The highest BCUT2D eigenvalue weighted by Gasteiger charge is 2.25. The Hall–Kier alpha value is -2.95. The molecule has 2 heterocycles. The van der Waals surface area contributed by atoms with E-state index < -0.39 is 38.2 Å². The fourth-order valence-electron chi connectivity index (χ4n) is 3.37. The maximum atomic E-state index is 14.5. The van der Waals surface area contributed by atoms with E-state index in [-0.39, 0.29) is 17.1 Å². The highest BCUT2D eigenvalue weighted by atomic mass is 32.2. The van der Waals surface area contributed by atoms with Crippen molar-refractivity contribution in [1.82, 2.24) is 14.8 Å². The summed E-state index contributed by atoms with van der Waals surface area (Å²) in [4.78, 5) is -1.07. The van der Waals surface area contributed by atoms with Crippen LogP contribution in [0.2, 0.25) is 0 Å². The zero-order valence-corrected chi connectivity index (χ0v) is 16.3. The Morgan fingerprint density at radius 2 is 1.67 bits per heavy atom. The summed E-state index contributed by atoms with van der Waals surface area (Å²) >= 11 is 0. The maximum Gasteiger partial charge on any atom is 0.264 e. The summed E-state index contributed by atoms with van der Waals surface area (Å²) in [7, 11) is -4.60. The summed E-state index contributed by atoms with van der Waals surface area (Å²) in [6.07, 6.45) is 3.53. The van der Waals surface area contributed by atoms with Gasteiger partial charge < -0.3 is 4.57 Å². The van der Waals surface area contributed by atoms with Crippen molar-refractivity contribution in [3.8, 4) is 11.4 Å². The second-order valence-corrected chi connectivity index (χ2v) is 8.53. The molecule has 0 saturated heterocycles. The second kappa shape index (κ2) is 7.71. The first kappa shape index (κ1) is 20.3. The lowest BCUT2D eigenvalue weighted by molar-refractivity contribution is 0.432. The molecule has 1 aromatic heterocycles. The first-order valence-electron chi connectivity index (χ1n) is 9.16. The molecule has 11 heteroatoms. The van der Waals surface area contributed by atoms with E-state index in [2.05, 4.69) is 14.9 Å². The van der Waals surface area contributed by atoms with Gasteiger partial charge in [-0.25, -0.2) is 26.0 Å². The first-order valence-corrected chi connectivity index (χ1v) is 10.6. The number of aryl methyl sites for hydroxylation is 1. The highest BCUT2D eigenvalue weighted by molar-refractivity contribution is 7.92. The van der Waals surface area contributed by atoms with Gasteiger partial charge in [0.15, 0.2) is 23.3 Å². The van der Waals surface area contributed by atoms with Gasteiger partial charge >= 0.3 is 0 Å². The molecule has 30 heavy (non-hydrogen) atoms. The molecule has 6 nitrogen and oxygen atoms in total. The van der Waals surface area contributed by atoms with E-state index in [0.717, 1.165) is 37.2 Å². The minimum absolute atomic E-state index is 0.0154. The summed E-state index contributed by atoms with van der Waals surface area (Å²) in [5, 5.41) is 8.14. The number of sulfonamides is 1. The van der Waals surface area contributed by atoms with Gasteiger partial charge in [-0.3, -0.25) is 4.72 Å². The molecule has 0 spiro atoms. The third kappa shape index (κ3) is 3.64. The molecule has 1 aliphatic heterocycles. The van der Waals surface area contributed by atoms with E-state index in [4.69, 9.17) is 0 Å². The maximum absolute atomic E-state index is 14.5.